The number of furan rings is 1. The number of aromatic nitrogens is 5. The van der Waals surface area contributed by atoms with Crippen LogP contribution in [0.1, 0.15) is 0 Å². The first-order valence-corrected chi connectivity index (χ1v) is 15.4. The van der Waals surface area contributed by atoms with Gasteiger partial charge in [-0.15, -0.1) is 0 Å². The Morgan fingerprint density at radius 1 is 0.319 bits per heavy atom. The number of hydrogen-bond acceptors (Lipinski definition) is 6. The molecule has 6 aromatic carbocycles. The van der Waals surface area contributed by atoms with Gasteiger partial charge >= 0.3 is 0 Å². The third-order valence-electron chi connectivity index (χ3n) is 8.35. The first-order valence-electron chi connectivity index (χ1n) is 15.4. The number of fused-ring (bicyclic) bond motifs is 4. The van der Waals surface area contributed by atoms with Crippen LogP contribution in [0.15, 0.2) is 156 Å². The molecule has 0 bridgehead atoms. The molecule has 6 heteroatoms. The van der Waals surface area contributed by atoms with Gasteiger partial charge in [0.05, 0.1) is 11.2 Å². The van der Waals surface area contributed by atoms with Gasteiger partial charge in [-0.1, -0.05) is 121 Å². The largest absolute Gasteiger partial charge is 0.456 e. The van der Waals surface area contributed by atoms with Crippen molar-refractivity contribution in [3.8, 4) is 56.8 Å². The molecular formula is C41H25N5O. The highest BCUT2D eigenvalue weighted by molar-refractivity contribution is 6.07. The lowest BCUT2D eigenvalue weighted by Gasteiger charge is -2.11. The van der Waals surface area contributed by atoms with Gasteiger partial charge in [-0.05, 0) is 30.3 Å². The summed E-state index contributed by atoms with van der Waals surface area (Å²) in [4.78, 5) is 24.7. The van der Waals surface area contributed by atoms with E-state index in [0.717, 1.165) is 66.4 Å². The number of rotatable bonds is 5. The van der Waals surface area contributed by atoms with E-state index in [9.17, 15) is 0 Å². The van der Waals surface area contributed by atoms with Crippen LogP contribution < -0.4 is 0 Å². The molecule has 0 fully saturated rings. The van der Waals surface area contributed by atoms with Crippen molar-refractivity contribution in [1.29, 1.82) is 0 Å². The predicted octanol–water partition coefficient (Wildman–Crippen LogP) is 10.0. The molecule has 0 aliphatic rings. The minimum absolute atomic E-state index is 0.602. The quantitative estimate of drug-likeness (QED) is 0.195. The van der Waals surface area contributed by atoms with Gasteiger partial charge < -0.3 is 4.42 Å². The molecule has 3 heterocycles. The van der Waals surface area contributed by atoms with Crippen LogP contribution in [0, 0.1) is 0 Å². The van der Waals surface area contributed by atoms with Gasteiger partial charge in [0.2, 0.25) is 0 Å². The molecule has 3 aromatic heterocycles. The van der Waals surface area contributed by atoms with E-state index in [1.807, 2.05) is 127 Å². The van der Waals surface area contributed by atoms with Gasteiger partial charge in [0.25, 0.3) is 0 Å². The number of para-hydroxylation sites is 2. The van der Waals surface area contributed by atoms with Gasteiger partial charge in [-0.2, -0.15) is 0 Å². The zero-order valence-electron chi connectivity index (χ0n) is 25.1. The minimum atomic E-state index is 0.602. The Morgan fingerprint density at radius 3 is 1.43 bits per heavy atom. The molecule has 47 heavy (non-hydrogen) atoms. The maximum absolute atomic E-state index is 6.09. The summed E-state index contributed by atoms with van der Waals surface area (Å²) in [5.74, 6) is 2.50. The Labute approximate surface area is 270 Å². The van der Waals surface area contributed by atoms with Crippen LogP contribution in [0.25, 0.3) is 89.7 Å². The second-order valence-corrected chi connectivity index (χ2v) is 11.3. The van der Waals surface area contributed by atoms with E-state index in [-0.39, 0.29) is 0 Å². The molecule has 6 nitrogen and oxygen atoms in total. The van der Waals surface area contributed by atoms with Crippen molar-refractivity contribution in [3.05, 3.63) is 152 Å². The van der Waals surface area contributed by atoms with Crippen LogP contribution in [0.2, 0.25) is 0 Å². The van der Waals surface area contributed by atoms with Crippen molar-refractivity contribution in [2.24, 2.45) is 0 Å². The van der Waals surface area contributed by atoms with Gasteiger partial charge in [0.15, 0.2) is 23.3 Å². The summed E-state index contributed by atoms with van der Waals surface area (Å²) in [7, 11) is 0. The highest BCUT2D eigenvalue weighted by Crippen LogP contribution is 2.35. The molecule has 0 aliphatic carbocycles. The van der Waals surface area contributed by atoms with E-state index >= 15 is 0 Å². The van der Waals surface area contributed by atoms with Crippen LogP contribution in [-0.2, 0) is 0 Å². The highest BCUT2D eigenvalue weighted by Gasteiger charge is 2.16. The zero-order valence-corrected chi connectivity index (χ0v) is 25.1. The van der Waals surface area contributed by atoms with E-state index in [1.54, 1.807) is 0 Å². The summed E-state index contributed by atoms with van der Waals surface area (Å²) in [5.41, 5.74) is 8.14. The van der Waals surface area contributed by atoms with E-state index in [0.29, 0.717) is 23.3 Å². The summed E-state index contributed by atoms with van der Waals surface area (Å²) >= 11 is 0. The van der Waals surface area contributed by atoms with Crippen molar-refractivity contribution in [2.75, 3.05) is 0 Å². The van der Waals surface area contributed by atoms with Crippen LogP contribution in [-0.4, -0.2) is 24.9 Å². The topological polar surface area (TPSA) is 77.6 Å². The SMILES string of the molecule is c1ccc(-c2nc(-c3ccccc3)nc(-c3ccc(-c4nc(-c5ccc6oc7ccccc7c6c5)c5ccccc5n4)cc3)n2)cc1. The molecule has 0 radical (unpaired) electrons. The van der Waals surface area contributed by atoms with Crippen molar-refractivity contribution >= 4 is 32.8 Å². The summed E-state index contributed by atoms with van der Waals surface area (Å²) in [6.45, 7) is 0. The molecule has 0 saturated carbocycles. The molecule has 0 amide bonds. The van der Waals surface area contributed by atoms with Crippen LogP contribution in [0.4, 0.5) is 0 Å². The molecule has 0 N–H and O–H groups in total. The Balaban J connectivity index is 1.14. The third-order valence-corrected chi connectivity index (χ3v) is 8.35. The predicted molar refractivity (Wildman–Crippen MR) is 187 cm³/mol. The average molecular weight is 604 g/mol. The van der Waals surface area contributed by atoms with Gasteiger partial charge in [0.1, 0.15) is 11.2 Å². The second kappa shape index (κ2) is 11.1. The monoisotopic (exact) mass is 603 g/mol. The summed E-state index contributed by atoms with van der Waals surface area (Å²) in [5, 5.41) is 3.14. The van der Waals surface area contributed by atoms with E-state index in [4.69, 9.17) is 29.3 Å². The summed E-state index contributed by atoms with van der Waals surface area (Å²) < 4.78 is 6.09. The standard InChI is InChI=1S/C41H25N5O/c1-3-11-26(12-4-1)39-44-40(27-13-5-2-6-14-27)46-41(45-39)29-21-19-28(20-22-29)38-42-34-17-9-7-16-32(34)37(43-38)30-23-24-36-33(25-30)31-15-8-10-18-35(31)47-36/h1-25H. The lowest BCUT2D eigenvalue weighted by atomic mass is 10.0. The van der Waals surface area contributed by atoms with Gasteiger partial charge in [-0.25, -0.2) is 24.9 Å². The number of benzene rings is 6. The van der Waals surface area contributed by atoms with Crippen LogP contribution in [0.5, 0.6) is 0 Å². The summed E-state index contributed by atoms with van der Waals surface area (Å²) in [6, 6.07) is 50.6. The maximum Gasteiger partial charge on any atom is 0.164 e. The van der Waals surface area contributed by atoms with Crippen molar-refractivity contribution < 1.29 is 4.42 Å². The summed E-state index contributed by atoms with van der Waals surface area (Å²) in [6.07, 6.45) is 0. The smallest absolute Gasteiger partial charge is 0.164 e. The Morgan fingerprint density at radius 2 is 0.787 bits per heavy atom. The fourth-order valence-electron chi connectivity index (χ4n) is 6.01. The number of nitrogens with zero attached hydrogens (tertiary/aromatic N) is 5. The first-order chi connectivity index (χ1) is 23.3. The lowest BCUT2D eigenvalue weighted by Crippen LogP contribution is -2.00. The Bertz CT molecular complexity index is 2500. The van der Waals surface area contributed by atoms with Crippen LogP contribution in [0.3, 0.4) is 0 Å². The fourth-order valence-corrected chi connectivity index (χ4v) is 6.01. The lowest BCUT2D eigenvalue weighted by molar-refractivity contribution is 0.669. The van der Waals surface area contributed by atoms with E-state index < -0.39 is 0 Å². The van der Waals surface area contributed by atoms with Crippen molar-refractivity contribution in [3.63, 3.8) is 0 Å². The Hall–Kier alpha value is -6.53. The first kappa shape index (κ1) is 26.8. The van der Waals surface area contributed by atoms with E-state index in [1.165, 1.54) is 0 Å². The molecule has 9 rings (SSSR count). The fraction of sp³-hybridized carbons (Fsp3) is 0. The van der Waals surface area contributed by atoms with Crippen LogP contribution >= 0.6 is 0 Å². The molecule has 9 aromatic rings. The minimum Gasteiger partial charge on any atom is -0.456 e. The molecule has 0 atom stereocenters. The molecular weight excluding hydrogens is 578 g/mol. The average Bonchev–Trinajstić information content (AvgIpc) is 3.53. The van der Waals surface area contributed by atoms with Gasteiger partial charge in [0, 0.05) is 44.0 Å². The van der Waals surface area contributed by atoms with E-state index in [2.05, 4.69) is 24.3 Å². The zero-order chi connectivity index (χ0) is 31.2. The van der Waals surface area contributed by atoms with Crippen molar-refractivity contribution in [2.45, 2.75) is 0 Å². The molecule has 0 spiro atoms. The van der Waals surface area contributed by atoms with Gasteiger partial charge in [-0.3, -0.25) is 0 Å². The maximum atomic E-state index is 6.09. The normalized spacial score (nSPS) is 11.4. The highest BCUT2D eigenvalue weighted by atomic mass is 16.3. The Kier molecular flexibility index (Phi) is 6.35. The molecule has 220 valence electrons. The second-order valence-electron chi connectivity index (χ2n) is 11.3. The number of hydrogen-bond donors (Lipinski definition) is 0. The van der Waals surface area contributed by atoms with Crippen molar-refractivity contribution in [1.82, 2.24) is 24.9 Å². The molecule has 0 unspecified atom stereocenters. The third kappa shape index (κ3) is 4.89. The molecule has 0 aliphatic heterocycles. The molecule has 0 saturated heterocycles.